The van der Waals surface area contributed by atoms with Crippen LogP contribution >= 0.6 is 0 Å². The first-order chi connectivity index (χ1) is 10.1. The Labute approximate surface area is 123 Å². The fraction of sp³-hybridized carbons (Fsp3) is 0.400. The van der Waals surface area contributed by atoms with Gasteiger partial charge in [-0.25, -0.2) is 4.68 Å². The summed E-state index contributed by atoms with van der Waals surface area (Å²) < 4.78 is 6.72. The van der Waals surface area contributed by atoms with Gasteiger partial charge in [-0.05, 0) is 31.9 Å². The van der Waals surface area contributed by atoms with E-state index in [-0.39, 0.29) is 11.8 Å². The number of nitrogens with zero attached hydrogens (tertiary/aromatic N) is 2. The zero-order valence-corrected chi connectivity index (χ0v) is 12.4. The molecule has 21 heavy (non-hydrogen) atoms. The number of aryl methyl sites for hydroxylation is 1. The summed E-state index contributed by atoms with van der Waals surface area (Å²) in [7, 11) is 0. The van der Waals surface area contributed by atoms with Crippen molar-refractivity contribution < 1.29 is 14.0 Å². The molecule has 6 nitrogen and oxygen atoms in total. The van der Waals surface area contributed by atoms with Crippen LogP contribution in [0.4, 0.5) is 5.82 Å². The molecule has 0 saturated carbocycles. The zero-order valence-electron chi connectivity index (χ0n) is 12.4. The maximum absolute atomic E-state index is 12.1. The van der Waals surface area contributed by atoms with Crippen LogP contribution in [0, 0.1) is 6.92 Å². The molecule has 6 heteroatoms. The van der Waals surface area contributed by atoms with Crippen molar-refractivity contribution in [1.29, 1.82) is 0 Å². The third-order valence-electron chi connectivity index (χ3n) is 3.45. The minimum absolute atomic E-state index is 0.0266. The minimum atomic E-state index is -0.722. The molecule has 0 aromatic carbocycles. The quantitative estimate of drug-likeness (QED) is 0.655. The van der Waals surface area contributed by atoms with Crippen molar-refractivity contribution in [3.8, 4) is 0 Å². The smallest absolute Gasteiger partial charge is 0.301 e. The Morgan fingerprint density at radius 1 is 1.38 bits per heavy atom. The number of ketones is 1. The molecule has 0 aliphatic rings. The first kappa shape index (κ1) is 15.0. The van der Waals surface area contributed by atoms with E-state index in [1.165, 1.54) is 12.3 Å². The summed E-state index contributed by atoms with van der Waals surface area (Å²) in [6, 6.07) is 3.22. The number of carbonyl (C=O) groups is 2. The van der Waals surface area contributed by atoms with Crippen molar-refractivity contribution in [3.05, 3.63) is 35.9 Å². The van der Waals surface area contributed by atoms with Crippen molar-refractivity contribution in [2.75, 3.05) is 5.32 Å². The van der Waals surface area contributed by atoms with E-state index in [9.17, 15) is 9.59 Å². The van der Waals surface area contributed by atoms with Crippen LogP contribution in [-0.4, -0.2) is 21.5 Å². The molecule has 0 atom stereocenters. The Morgan fingerprint density at radius 3 is 2.67 bits per heavy atom. The van der Waals surface area contributed by atoms with Gasteiger partial charge < -0.3 is 9.73 Å². The van der Waals surface area contributed by atoms with Gasteiger partial charge in [-0.1, -0.05) is 13.8 Å². The minimum Gasteiger partial charge on any atom is -0.461 e. The van der Waals surface area contributed by atoms with Crippen LogP contribution in [0.25, 0.3) is 0 Å². The van der Waals surface area contributed by atoms with Crippen molar-refractivity contribution in [3.63, 3.8) is 0 Å². The van der Waals surface area contributed by atoms with Gasteiger partial charge in [0.2, 0.25) is 0 Å². The van der Waals surface area contributed by atoms with Crippen LogP contribution in [0.15, 0.2) is 29.0 Å². The Hall–Kier alpha value is -2.37. The first-order valence-corrected chi connectivity index (χ1v) is 7.01. The second-order valence-electron chi connectivity index (χ2n) is 4.85. The van der Waals surface area contributed by atoms with Gasteiger partial charge in [0, 0.05) is 5.56 Å². The van der Waals surface area contributed by atoms with Crippen molar-refractivity contribution in [1.82, 2.24) is 9.78 Å². The molecule has 0 aliphatic heterocycles. The lowest BCUT2D eigenvalue weighted by Gasteiger charge is -2.17. The van der Waals surface area contributed by atoms with E-state index in [0.717, 1.165) is 18.4 Å². The molecular formula is C15H19N3O3. The molecule has 0 saturated heterocycles. The number of anilines is 1. The Morgan fingerprint density at radius 2 is 2.10 bits per heavy atom. The highest BCUT2D eigenvalue weighted by molar-refractivity contribution is 6.45. The largest absolute Gasteiger partial charge is 0.461 e. The maximum Gasteiger partial charge on any atom is 0.301 e. The van der Waals surface area contributed by atoms with E-state index < -0.39 is 11.7 Å². The number of hydrogen-bond acceptors (Lipinski definition) is 4. The van der Waals surface area contributed by atoms with Crippen LogP contribution in [0.3, 0.4) is 0 Å². The summed E-state index contributed by atoms with van der Waals surface area (Å²) in [6.07, 6.45) is 4.84. The van der Waals surface area contributed by atoms with Gasteiger partial charge >= 0.3 is 5.91 Å². The molecule has 112 valence electrons. The van der Waals surface area contributed by atoms with E-state index in [2.05, 4.69) is 24.3 Å². The fourth-order valence-electron chi connectivity index (χ4n) is 2.20. The molecule has 2 heterocycles. The van der Waals surface area contributed by atoms with E-state index in [0.29, 0.717) is 5.82 Å². The average Bonchev–Trinajstić information content (AvgIpc) is 3.12. The Balaban J connectivity index is 2.21. The van der Waals surface area contributed by atoms with Gasteiger partial charge in [-0.15, -0.1) is 0 Å². The van der Waals surface area contributed by atoms with Crippen molar-refractivity contribution in [2.24, 2.45) is 0 Å². The molecule has 0 spiro atoms. The zero-order chi connectivity index (χ0) is 15.4. The summed E-state index contributed by atoms with van der Waals surface area (Å²) in [6.45, 7) is 5.97. The molecule has 0 fully saturated rings. The summed E-state index contributed by atoms with van der Waals surface area (Å²) in [5.41, 5.74) is 0.822. The number of furan rings is 1. The number of carbonyl (C=O) groups excluding carboxylic acids is 2. The maximum atomic E-state index is 12.1. The van der Waals surface area contributed by atoms with Crippen LogP contribution < -0.4 is 5.32 Å². The van der Waals surface area contributed by atoms with Gasteiger partial charge in [0.1, 0.15) is 5.82 Å². The second-order valence-corrected chi connectivity index (χ2v) is 4.85. The van der Waals surface area contributed by atoms with Crippen molar-refractivity contribution >= 4 is 17.5 Å². The van der Waals surface area contributed by atoms with Gasteiger partial charge in [-0.3, -0.25) is 9.59 Å². The molecule has 2 rings (SSSR count). The van der Waals surface area contributed by atoms with E-state index in [1.807, 2.05) is 6.92 Å². The predicted octanol–water partition coefficient (Wildman–Crippen LogP) is 2.97. The second kappa shape index (κ2) is 6.39. The highest BCUT2D eigenvalue weighted by Crippen LogP contribution is 2.23. The van der Waals surface area contributed by atoms with Crippen LogP contribution in [0.5, 0.6) is 0 Å². The van der Waals surface area contributed by atoms with Gasteiger partial charge in [-0.2, -0.15) is 5.10 Å². The summed E-state index contributed by atoms with van der Waals surface area (Å²) in [4.78, 5) is 24.0. The van der Waals surface area contributed by atoms with E-state index in [1.54, 1.807) is 16.9 Å². The van der Waals surface area contributed by atoms with Gasteiger partial charge in [0.05, 0.1) is 18.5 Å². The number of nitrogens with one attached hydrogen (secondary N) is 1. The lowest BCUT2D eigenvalue weighted by Crippen LogP contribution is -2.25. The van der Waals surface area contributed by atoms with Crippen LogP contribution in [0.1, 0.15) is 48.8 Å². The molecule has 1 N–H and O–H groups in total. The molecule has 2 aromatic rings. The summed E-state index contributed by atoms with van der Waals surface area (Å²) in [5.74, 6) is -0.829. The molecule has 2 aromatic heterocycles. The first-order valence-electron chi connectivity index (χ1n) is 7.01. The molecule has 0 aliphatic carbocycles. The van der Waals surface area contributed by atoms with E-state index in [4.69, 9.17) is 4.42 Å². The SMILES string of the molecule is CCC(CC)n1ncc(C)c1NC(=O)C(=O)c1ccco1. The van der Waals surface area contributed by atoms with Crippen molar-refractivity contribution in [2.45, 2.75) is 39.7 Å². The molecule has 0 unspecified atom stereocenters. The number of hydrogen-bond donors (Lipinski definition) is 1. The van der Waals surface area contributed by atoms with E-state index >= 15 is 0 Å². The molecule has 0 bridgehead atoms. The number of rotatable bonds is 6. The number of amides is 1. The fourth-order valence-corrected chi connectivity index (χ4v) is 2.20. The molecule has 0 radical (unpaired) electrons. The monoisotopic (exact) mass is 289 g/mol. The lowest BCUT2D eigenvalue weighted by atomic mass is 10.2. The highest BCUT2D eigenvalue weighted by atomic mass is 16.3. The van der Waals surface area contributed by atoms with Gasteiger partial charge in [0.15, 0.2) is 5.76 Å². The van der Waals surface area contributed by atoms with Gasteiger partial charge in [0.25, 0.3) is 5.78 Å². The Kier molecular flexibility index (Phi) is 4.57. The van der Waals surface area contributed by atoms with Crippen LogP contribution in [0.2, 0.25) is 0 Å². The highest BCUT2D eigenvalue weighted by Gasteiger charge is 2.22. The molecule has 1 amide bonds. The topological polar surface area (TPSA) is 77.1 Å². The van der Waals surface area contributed by atoms with Crippen LogP contribution in [-0.2, 0) is 4.79 Å². The summed E-state index contributed by atoms with van der Waals surface area (Å²) >= 11 is 0. The third kappa shape index (κ3) is 3.04. The number of aromatic nitrogens is 2. The summed E-state index contributed by atoms with van der Waals surface area (Å²) in [5, 5.41) is 6.95. The normalized spacial score (nSPS) is 10.9. The standard InChI is InChI=1S/C15H19N3O3/c1-4-11(5-2)18-14(10(3)9-16-18)17-15(20)13(19)12-7-6-8-21-12/h6-9,11H,4-5H2,1-3H3,(H,17,20). The average molecular weight is 289 g/mol. The Bertz CT molecular complexity index is 625. The number of Topliss-reactive ketones (excluding diaryl/α,β-unsaturated/α-hetero) is 1. The predicted molar refractivity (Wildman–Crippen MR) is 78.3 cm³/mol. The lowest BCUT2D eigenvalue weighted by molar-refractivity contribution is -0.112. The molecular weight excluding hydrogens is 270 g/mol. The third-order valence-corrected chi connectivity index (χ3v) is 3.45.